The molecule has 1 unspecified atom stereocenters. The zero-order chi connectivity index (χ0) is 15.5. The number of hydrogen-bond donors (Lipinski definition) is 2. The third-order valence-electron chi connectivity index (χ3n) is 3.15. The molecule has 1 aromatic carbocycles. The van der Waals surface area contributed by atoms with E-state index in [-0.39, 0.29) is 5.56 Å². The largest absolute Gasteiger partial charge is 0.479 e. The molecule has 5 nitrogen and oxygen atoms in total. The molecule has 1 heterocycles. The van der Waals surface area contributed by atoms with Crippen molar-refractivity contribution in [1.82, 2.24) is 10.3 Å². The van der Waals surface area contributed by atoms with Gasteiger partial charge >= 0.3 is 5.97 Å². The highest BCUT2D eigenvalue weighted by atomic mass is 19.1. The zero-order valence-corrected chi connectivity index (χ0v) is 11.2. The summed E-state index contributed by atoms with van der Waals surface area (Å²) in [5.74, 6) is -3.03. The number of aliphatic carboxylic acids is 1. The summed E-state index contributed by atoms with van der Waals surface area (Å²) >= 11 is 0. The Labute approximate surface area is 120 Å². The number of hydrogen-bond acceptors (Lipinski definition) is 3. The Morgan fingerprint density at radius 1 is 1.19 bits per heavy atom. The molecule has 0 bridgehead atoms. The number of pyridine rings is 1. The van der Waals surface area contributed by atoms with E-state index in [4.69, 9.17) is 0 Å². The van der Waals surface area contributed by atoms with Gasteiger partial charge in [0, 0.05) is 6.20 Å². The van der Waals surface area contributed by atoms with Crippen LogP contribution in [0.1, 0.15) is 22.8 Å². The summed E-state index contributed by atoms with van der Waals surface area (Å²) < 4.78 is 13.5. The van der Waals surface area contributed by atoms with E-state index in [1.54, 1.807) is 30.3 Å². The van der Waals surface area contributed by atoms with Gasteiger partial charge in [0.1, 0.15) is 0 Å². The first kappa shape index (κ1) is 14.6. The summed E-state index contributed by atoms with van der Waals surface area (Å²) in [7, 11) is 0. The van der Waals surface area contributed by atoms with Crippen LogP contribution in [0.25, 0.3) is 0 Å². The summed E-state index contributed by atoms with van der Waals surface area (Å²) in [6, 6.07) is 10.8. The van der Waals surface area contributed by atoms with Gasteiger partial charge in [0.2, 0.25) is 5.95 Å². The second-order valence-corrected chi connectivity index (χ2v) is 4.59. The van der Waals surface area contributed by atoms with E-state index in [0.29, 0.717) is 5.56 Å². The van der Waals surface area contributed by atoms with E-state index in [1.807, 2.05) is 0 Å². The number of nitrogens with one attached hydrogen (secondary N) is 1. The van der Waals surface area contributed by atoms with Crippen LogP contribution in [-0.2, 0) is 10.3 Å². The molecule has 0 aliphatic rings. The lowest BCUT2D eigenvalue weighted by Gasteiger charge is -2.26. The van der Waals surface area contributed by atoms with Crippen molar-refractivity contribution in [3.05, 3.63) is 65.7 Å². The predicted molar refractivity (Wildman–Crippen MR) is 73.1 cm³/mol. The Kier molecular flexibility index (Phi) is 3.98. The minimum absolute atomic E-state index is 0.305. The quantitative estimate of drug-likeness (QED) is 0.843. The highest BCUT2D eigenvalue weighted by Crippen LogP contribution is 2.21. The van der Waals surface area contributed by atoms with Gasteiger partial charge in [-0.15, -0.1) is 0 Å². The molecular weight excluding hydrogens is 275 g/mol. The lowest BCUT2D eigenvalue weighted by atomic mass is 9.91. The van der Waals surface area contributed by atoms with Crippen LogP contribution in [0.5, 0.6) is 0 Å². The van der Waals surface area contributed by atoms with Crippen molar-refractivity contribution in [2.75, 3.05) is 0 Å². The Morgan fingerprint density at radius 3 is 2.43 bits per heavy atom. The third kappa shape index (κ3) is 2.89. The summed E-state index contributed by atoms with van der Waals surface area (Å²) in [6.07, 6.45) is 1.21. The van der Waals surface area contributed by atoms with Crippen molar-refractivity contribution in [3.63, 3.8) is 0 Å². The summed E-state index contributed by atoms with van der Waals surface area (Å²) in [5.41, 5.74) is -1.59. The molecule has 0 saturated heterocycles. The van der Waals surface area contributed by atoms with Crippen LogP contribution in [0.2, 0.25) is 0 Å². The lowest BCUT2D eigenvalue weighted by molar-refractivity contribution is -0.144. The van der Waals surface area contributed by atoms with Crippen LogP contribution in [0.3, 0.4) is 0 Å². The van der Waals surface area contributed by atoms with Crippen LogP contribution in [0.15, 0.2) is 48.7 Å². The minimum atomic E-state index is -1.67. The van der Waals surface area contributed by atoms with Gasteiger partial charge in [-0.3, -0.25) is 4.79 Å². The Balaban J connectivity index is 2.36. The second-order valence-electron chi connectivity index (χ2n) is 4.59. The molecular formula is C15H13FN2O3. The van der Waals surface area contributed by atoms with Gasteiger partial charge < -0.3 is 10.4 Å². The number of carbonyl (C=O) groups excluding carboxylic acids is 1. The van der Waals surface area contributed by atoms with E-state index in [9.17, 15) is 19.1 Å². The zero-order valence-electron chi connectivity index (χ0n) is 11.2. The molecule has 0 fully saturated rings. The summed E-state index contributed by atoms with van der Waals surface area (Å²) in [4.78, 5) is 27.0. The van der Waals surface area contributed by atoms with Crippen LogP contribution in [0, 0.1) is 5.95 Å². The average Bonchev–Trinajstić information content (AvgIpc) is 2.48. The van der Waals surface area contributed by atoms with Gasteiger partial charge in [0.25, 0.3) is 5.91 Å². The topological polar surface area (TPSA) is 79.3 Å². The highest BCUT2D eigenvalue weighted by Gasteiger charge is 2.37. The highest BCUT2D eigenvalue weighted by molar-refractivity contribution is 5.98. The Bertz CT molecular complexity index is 676. The molecule has 0 aliphatic heterocycles. The van der Waals surface area contributed by atoms with E-state index < -0.39 is 23.4 Å². The second kappa shape index (κ2) is 5.70. The molecule has 0 spiro atoms. The molecule has 6 heteroatoms. The molecule has 2 N–H and O–H groups in total. The van der Waals surface area contributed by atoms with Gasteiger partial charge in [-0.1, -0.05) is 30.3 Å². The first-order chi connectivity index (χ1) is 9.95. The molecule has 1 amide bonds. The first-order valence-electron chi connectivity index (χ1n) is 6.17. The number of nitrogens with zero attached hydrogens (tertiary/aromatic N) is 1. The number of benzene rings is 1. The lowest BCUT2D eigenvalue weighted by Crippen LogP contribution is -2.49. The van der Waals surface area contributed by atoms with Crippen LogP contribution in [-0.4, -0.2) is 22.0 Å². The van der Waals surface area contributed by atoms with Crippen LogP contribution < -0.4 is 5.32 Å². The molecule has 0 radical (unpaired) electrons. The maximum atomic E-state index is 13.5. The number of aromatic nitrogens is 1. The normalized spacial score (nSPS) is 13.2. The van der Waals surface area contributed by atoms with Crippen molar-refractivity contribution < 1.29 is 19.1 Å². The smallest absolute Gasteiger partial charge is 0.333 e. The van der Waals surface area contributed by atoms with Gasteiger partial charge in [0.05, 0.1) is 5.56 Å². The average molecular weight is 288 g/mol. The van der Waals surface area contributed by atoms with Gasteiger partial charge in [0.15, 0.2) is 5.54 Å². The van der Waals surface area contributed by atoms with Gasteiger partial charge in [-0.25, -0.2) is 9.78 Å². The van der Waals surface area contributed by atoms with Crippen molar-refractivity contribution in [2.45, 2.75) is 12.5 Å². The number of halogens is 1. The molecule has 1 aromatic heterocycles. The number of rotatable bonds is 4. The van der Waals surface area contributed by atoms with E-state index in [2.05, 4.69) is 10.3 Å². The monoisotopic (exact) mass is 288 g/mol. The predicted octanol–water partition coefficient (Wildman–Crippen LogP) is 1.95. The minimum Gasteiger partial charge on any atom is -0.479 e. The van der Waals surface area contributed by atoms with Crippen molar-refractivity contribution in [2.24, 2.45) is 0 Å². The Hall–Kier alpha value is -2.76. The number of amides is 1. The van der Waals surface area contributed by atoms with Crippen molar-refractivity contribution in [3.8, 4) is 0 Å². The fourth-order valence-electron chi connectivity index (χ4n) is 1.87. The molecule has 0 aliphatic carbocycles. The van der Waals surface area contributed by atoms with Crippen LogP contribution in [0.4, 0.5) is 4.39 Å². The molecule has 21 heavy (non-hydrogen) atoms. The molecule has 0 saturated carbocycles. The van der Waals surface area contributed by atoms with Gasteiger partial charge in [-0.05, 0) is 24.6 Å². The fraction of sp³-hybridized carbons (Fsp3) is 0.133. The molecule has 1 atom stereocenters. The SMILES string of the molecule is CC(NC(=O)c1cccnc1F)(C(=O)O)c1ccccc1. The van der Waals surface area contributed by atoms with Crippen molar-refractivity contribution >= 4 is 11.9 Å². The summed E-state index contributed by atoms with van der Waals surface area (Å²) in [5, 5.41) is 11.8. The number of carboxylic acid groups (broad SMARTS) is 1. The molecule has 2 rings (SSSR count). The maximum absolute atomic E-state index is 13.5. The molecule has 2 aromatic rings. The van der Waals surface area contributed by atoms with E-state index >= 15 is 0 Å². The van der Waals surface area contributed by atoms with Crippen LogP contribution >= 0.6 is 0 Å². The fourth-order valence-corrected chi connectivity index (χ4v) is 1.87. The number of carbonyl (C=O) groups is 2. The number of carboxylic acids is 1. The van der Waals surface area contributed by atoms with E-state index in [0.717, 1.165) is 0 Å². The molecule has 108 valence electrons. The first-order valence-corrected chi connectivity index (χ1v) is 6.17. The van der Waals surface area contributed by atoms with Crippen molar-refractivity contribution in [1.29, 1.82) is 0 Å². The summed E-state index contributed by atoms with van der Waals surface area (Å²) in [6.45, 7) is 1.34. The Morgan fingerprint density at radius 2 is 1.86 bits per heavy atom. The standard InChI is InChI=1S/C15H13FN2O3/c1-15(14(20)21,10-6-3-2-4-7-10)18-13(19)11-8-5-9-17-12(11)16/h2-9H,1H3,(H,18,19)(H,20,21). The van der Waals surface area contributed by atoms with E-state index in [1.165, 1.54) is 25.3 Å². The third-order valence-corrected chi connectivity index (χ3v) is 3.15. The van der Waals surface area contributed by atoms with Gasteiger partial charge in [-0.2, -0.15) is 4.39 Å². The maximum Gasteiger partial charge on any atom is 0.333 e.